The van der Waals surface area contributed by atoms with Gasteiger partial charge in [-0.25, -0.2) is 8.78 Å². The molecular formula is C13H20F2N2. The summed E-state index contributed by atoms with van der Waals surface area (Å²) in [4.78, 5) is 5.82. The van der Waals surface area contributed by atoms with E-state index in [0.29, 0.717) is 13.1 Å². The zero-order valence-corrected chi connectivity index (χ0v) is 10.7. The van der Waals surface area contributed by atoms with E-state index in [2.05, 4.69) is 4.98 Å². The number of halogens is 2. The van der Waals surface area contributed by atoms with Crippen LogP contribution >= 0.6 is 0 Å². The Morgan fingerprint density at radius 1 is 1.35 bits per heavy atom. The lowest BCUT2D eigenvalue weighted by molar-refractivity contribution is 0.0115. The zero-order valence-electron chi connectivity index (χ0n) is 10.7. The van der Waals surface area contributed by atoms with Crippen molar-refractivity contribution in [1.29, 1.82) is 0 Å². The van der Waals surface area contributed by atoms with Gasteiger partial charge in [-0.3, -0.25) is 9.88 Å². The zero-order chi connectivity index (χ0) is 12.9. The van der Waals surface area contributed by atoms with Crippen molar-refractivity contribution in [1.82, 2.24) is 9.88 Å². The summed E-state index contributed by atoms with van der Waals surface area (Å²) < 4.78 is 25.8. The van der Waals surface area contributed by atoms with Crippen molar-refractivity contribution in [2.24, 2.45) is 0 Å². The Hall–Kier alpha value is -1.03. The predicted octanol–water partition coefficient (Wildman–Crippen LogP) is 3.26. The fourth-order valence-electron chi connectivity index (χ4n) is 1.90. The Morgan fingerprint density at radius 2 is 2.06 bits per heavy atom. The Morgan fingerprint density at radius 3 is 2.59 bits per heavy atom. The number of aromatic nitrogens is 1. The van der Waals surface area contributed by atoms with Crippen LogP contribution in [0.25, 0.3) is 0 Å². The quantitative estimate of drug-likeness (QED) is 0.791. The highest BCUT2D eigenvalue weighted by molar-refractivity contribution is 5.16. The molecule has 1 aliphatic rings. The Labute approximate surface area is 102 Å². The first-order chi connectivity index (χ1) is 8.05. The smallest absolute Gasteiger partial charge is 0.261 e. The number of hydrogen-bond acceptors (Lipinski definition) is 2. The van der Waals surface area contributed by atoms with E-state index in [9.17, 15) is 8.78 Å². The van der Waals surface area contributed by atoms with E-state index in [0.717, 1.165) is 11.1 Å². The van der Waals surface area contributed by atoms with Crippen LogP contribution in [-0.2, 0) is 6.54 Å². The number of alkyl halides is 2. The molecule has 2 rings (SSSR count). The molecule has 0 spiro atoms. The van der Waals surface area contributed by atoms with E-state index in [1.165, 1.54) is 0 Å². The molecule has 0 bridgehead atoms. The molecule has 1 aromatic rings. The molecular weight excluding hydrogens is 222 g/mol. The third-order valence-electron chi connectivity index (χ3n) is 2.59. The van der Waals surface area contributed by atoms with Crippen LogP contribution in [0, 0.1) is 6.92 Å². The summed E-state index contributed by atoms with van der Waals surface area (Å²) in [6.45, 7) is 6.88. The van der Waals surface area contributed by atoms with Crippen LogP contribution in [0.15, 0.2) is 18.5 Å². The highest BCUT2D eigenvalue weighted by Gasteiger charge is 2.37. The third kappa shape index (κ3) is 4.38. The monoisotopic (exact) mass is 242 g/mol. The molecule has 1 aliphatic heterocycles. The summed E-state index contributed by atoms with van der Waals surface area (Å²) in [7, 11) is 0. The molecule has 2 heterocycles. The topological polar surface area (TPSA) is 16.1 Å². The second-order valence-electron chi connectivity index (χ2n) is 4.19. The molecule has 4 heteroatoms. The van der Waals surface area contributed by atoms with Gasteiger partial charge in [-0.1, -0.05) is 19.9 Å². The number of likely N-dealkylation sites (tertiary alicyclic amines) is 1. The molecule has 1 saturated heterocycles. The van der Waals surface area contributed by atoms with Gasteiger partial charge in [0.25, 0.3) is 5.92 Å². The van der Waals surface area contributed by atoms with Gasteiger partial charge >= 0.3 is 0 Å². The number of hydrogen-bond donors (Lipinski definition) is 0. The summed E-state index contributed by atoms with van der Waals surface area (Å²) in [6.07, 6.45) is 3.48. The van der Waals surface area contributed by atoms with Gasteiger partial charge < -0.3 is 0 Å². The van der Waals surface area contributed by atoms with Crippen molar-refractivity contribution in [3.63, 3.8) is 0 Å². The highest BCUT2D eigenvalue weighted by Crippen LogP contribution is 2.27. The van der Waals surface area contributed by atoms with Gasteiger partial charge in [0, 0.05) is 31.9 Å². The summed E-state index contributed by atoms with van der Waals surface area (Å²) in [5.74, 6) is -2.50. The largest absolute Gasteiger partial charge is 0.293 e. The fourth-order valence-corrected chi connectivity index (χ4v) is 1.90. The maximum Gasteiger partial charge on any atom is 0.261 e. The van der Waals surface area contributed by atoms with Gasteiger partial charge in [-0.15, -0.1) is 0 Å². The number of nitrogens with zero attached hydrogens (tertiary/aromatic N) is 2. The van der Waals surface area contributed by atoms with Crippen LogP contribution in [0.5, 0.6) is 0 Å². The van der Waals surface area contributed by atoms with Crippen molar-refractivity contribution >= 4 is 0 Å². The molecule has 1 aromatic heterocycles. The standard InChI is InChI=1S/C11H14F2N2.C2H6/c1-9-4-10(6-14-5-9)7-15-3-2-11(12,13)8-15;1-2/h4-6H,2-3,7-8H2,1H3;1-2H3. The molecule has 1 fully saturated rings. The van der Waals surface area contributed by atoms with Crippen molar-refractivity contribution < 1.29 is 8.78 Å². The summed E-state index contributed by atoms with van der Waals surface area (Å²) in [5, 5.41) is 0. The van der Waals surface area contributed by atoms with Crippen LogP contribution in [0.2, 0.25) is 0 Å². The van der Waals surface area contributed by atoms with Gasteiger partial charge in [0.05, 0.1) is 6.54 Å². The van der Waals surface area contributed by atoms with Crippen LogP contribution in [0.4, 0.5) is 8.78 Å². The van der Waals surface area contributed by atoms with Gasteiger partial charge in [0.15, 0.2) is 0 Å². The fraction of sp³-hybridized carbons (Fsp3) is 0.615. The normalized spacial score (nSPS) is 18.6. The van der Waals surface area contributed by atoms with E-state index in [-0.39, 0.29) is 13.0 Å². The lowest BCUT2D eigenvalue weighted by atomic mass is 10.2. The minimum absolute atomic E-state index is 0.0216. The second-order valence-corrected chi connectivity index (χ2v) is 4.19. The first kappa shape index (κ1) is 14.0. The Balaban J connectivity index is 0.000000686. The van der Waals surface area contributed by atoms with E-state index in [1.54, 1.807) is 17.3 Å². The van der Waals surface area contributed by atoms with Crippen molar-refractivity contribution in [3.05, 3.63) is 29.6 Å². The molecule has 0 saturated carbocycles. The molecule has 0 amide bonds. The van der Waals surface area contributed by atoms with Gasteiger partial charge in [0.2, 0.25) is 0 Å². The first-order valence-corrected chi connectivity index (χ1v) is 6.06. The van der Waals surface area contributed by atoms with Gasteiger partial charge in [-0.05, 0) is 18.1 Å². The molecule has 17 heavy (non-hydrogen) atoms. The second kappa shape index (κ2) is 6.05. The minimum atomic E-state index is -2.50. The van der Waals surface area contributed by atoms with Gasteiger partial charge in [-0.2, -0.15) is 0 Å². The van der Waals surface area contributed by atoms with E-state index in [1.807, 2.05) is 26.8 Å². The SMILES string of the molecule is CC.Cc1cncc(CN2CCC(F)(F)C2)c1. The number of aryl methyl sites for hydroxylation is 1. The summed E-state index contributed by atoms with van der Waals surface area (Å²) in [6, 6.07) is 1.99. The molecule has 0 unspecified atom stereocenters. The Bertz CT molecular complexity index is 353. The summed E-state index contributed by atoms with van der Waals surface area (Å²) in [5.41, 5.74) is 2.08. The number of pyridine rings is 1. The van der Waals surface area contributed by atoms with Crippen LogP contribution in [0.1, 0.15) is 31.4 Å². The van der Waals surface area contributed by atoms with Crippen LogP contribution < -0.4 is 0 Å². The predicted molar refractivity (Wildman–Crippen MR) is 65.2 cm³/mol. The van der Waals surface area contributed by atoms with Crippen molar-refractivity contribution in [2.45, 2.75) is 39.7 Å². The van der Waals surface area contributed by atoms with Crippen LogP contribution in [0.3, 0.4) is 0 Å². The number of rotatable bonds is 2. The first-order valence-electron chi connectivity index (χ1n) is 6.06. The van der Waals surface area contributed by atoms with Crippen molar-refractivity contribution in [3.8, 4) is 0 Å². The molecule has 96 valence electrons. The van der Waals surface area contributed by atoms with Crippen LogP contribution in [-0.4, -0.2) is 28.9 Å². The lowest BCUT2D eigenvalue weighted by Crippen LogP contribution is -2.24. The Kier molecular flexibility index (Phi) is 5.00. The maximum atomic E-state index is 12.9. The van der Waals surface area contributed by atoms with Gasteiger partial charge in [0.1, 0.15) is 0 Å². The van der Waals surface area contributed by atoms with Crippen molar-refractivity contribution in [2.75, 3.05) is 13.1 Å². The minimum Gasteiger partial charge on any atom is -0.293 e. The lowest BCUT2D eigenvalue weighted by Gasteiger charge is -2.15. The highest BCUT2D eigenvalue weighted by atomic mass is 19.3. The average molecular weight is 242 g/mol. The van der Waals surface area contributed by atoms with E-state index >= 15 is 0 Å². The average Bonchev–Trinajstić information content (AvgIpc) is 2.61. The molecule has 2 nitrogen and oxygen atoms in total. The summed E-state index contributed by atoms with van der Waals surface area (Å²) >= 11 is 0. The molecule has 0 N–H and O–H groups in total. The molecule has 0 radical (unpaired) electrons. The molecule has 0 aromatic carbocycles. The molecule has 0 aliphatic carbocycles. The maximum absolute atomic E-state index is 12.9. The molecule has 0 atom stereocenters. The third-order valence-corrected chi connectivity index (χ3v) is 2.59. The van der Waals surface area contributed by atoms with E-state index < -0.39 is 5.92 Å². The van der Waals surface area contributed by atoms with E-state index in [4.69, 9.17) is 0 Å².